The van der Waals surface area contributed by atoms with Crippen LogP contribution in [0.15, 0.2) is 24.3 Å². The fourth-order valence-corrected chi connectivity index (χ4v) is 6.83. The molecule has 0 aliphatic carbocycles. The van der Waals surface area contributed by atoms with Gasteiger partial charge >= 0.3 is 5.97 Å². The molecule has 1 unspecified atom stereocenters. The maximum Gasteiger partial charge on any atom is 0.355 e. The maximum absolute atomic E-state index is 13.0. The van der Waals surface area contributed by atoms with Gasteiger partial charge in [-0.05, 0) is 83.5 Å². The van der Waals surface area contributed by atoms with Crippen molar-refractivity contribution >= 4 is 29.6 Å². The Balaban J connectivity index is 2.21. The van der Waals surface area contributed by atoms with Crippen LogP contribution in [-0.4, -0.2) is 47.2 Å². The smallest absolute Gasteiger partial charge is 0.355 e. The molecule has 0 aromatic heterocycles. The third-order valence-electron chi connectivity index (χ3n) is 10.4. The molecule has 1 aliphatic heterocycles. The second-order valence-corrected chi connectivity index (χ2v) is 15.6. The van der Waals surface area contributed by atoms with E-state index in [2.05, 4.69) is 48.8 Å². The molecular weight excluding hydrogens is 691 g/mol. The van der Waals surface area contributed by atoms with Gasteiger partial charge in [-0.1, -0.05) is 141 Å². The van der Waals surface area contributed by atoms with Gasteiger partial charge in [0.05, 0.1) is 0 Å². The average Bonchev–Trinajstić information content (AvgIpc) is 3.49. The second-order valence-electron chi connectivity index (χ2n) is 15.6. The zero-order chi connectivity index (χ0) is 40.0. The molecule has 1 aliphatic rings. The van der Waals surface area contributed by atoms with Crippen LogP contribution in [0.3, 0.4) is 0 Å². The van der Waals surface area contributed by atoms with E-state index in [1.54, 1.807) is 0 Å². The molecule has 0 radical (unpaired) electrons. The Morgan fingerprint density at radius 1 is 0.545 bits per heavy atom. The molecule has 2 N–H and O–H groups in total. The van der Waals surface area contributed by atoms with E-state index < -0.39 is 23.8 Å². The maximum atomic E-state index is 13.0. The summed E-state index contributed by atoms with van der Waals surface area (Å²) in [4.78, 5) is 67.3. The number of nitrogens with one attached hydrogen (secondary N) is 2. The van der Waals surface area contributed by atoms with Crippen molar-refractivity contribution in [1.82, 2.24) is 15.7 Å². The molecule has 316 valence electrons. The number of nitrogens with zero attached hydrogens (tertiary/aromatic N) is 1. The molecule has 9 nitrogen and oxygen atoms in total. The second kappa shape index (κ2) is 36.7. The van der Waals surface area contributed by atoms with Crippen LogP contribution in [0.4, 0.5) is 0 Å². The molecule has 1 saturated heterocycles. The first-order valence-electron chi connectivity index (χ1n) is 22.8. The predicted molar refractivity (Wildman–Crippen MR) is 225 cm³/mol. The molecule has 55 heavy (non-hydrogen) atoms. The molecular formula is C46H81N3O6. The van der Waals surface area contributed by atoms with Gasteiger partial charge in [0, 0.05) is 32.2 Å². The number of imide groups is 1. The van der Waals surface area contributed by atoms with E-state index >= 15 is 0 Å². The third kappa shape index (κ3) is 29.9. The first-order chi connectivity index (χ1) is 26.9. The van der Waals surface area contributed by atoms with Crippen LogP contribution in [0.25, 0.3) is 0 Å². The fourth-order valence-electron chi connectivity index (χ4n) is 6.83. The van der Waals surface area contributed by atoms with Crippen molar-refractivity contribution in [3.63, 3.8) is 0 Å². The molecule has 1 rings (SSSR count). The normalized spacial score (nSPS) is 13.7. The highest BCUT2D eigenvalue weighted by Crippen LogP contribution is 2.16. The molecule has 0 aromatic rings. The van der Waals surface area contributed by atoms with Crippen molar-refractivity contribution in [1.29, 1.82) is 0 Å². The Labute approximate surface area is 336 Å². The van der Waals surface area contributed by atoms with Crippen LogP contribution in [0.2, 0.25) is 0 Å². The Bertz CT molecular complexity index is 1060. The van der Waals surface area contributed by atoms with Gasteiger partial charge in [-0.2, -0.15) is 0 Å². The number of hydrogen-bond acceptors (Lipinski definition) is 6. The summed E-state index contributed by atoms with van der Waals surface area (Å²) in [5.74, 6) is -2.12. The van der Waals surface area contributed by atoms with Gasteiger partial charge in [-0.3, -0.25) is 19.2 Å². The van der Waals surface area contributed by atoms with Crippen LogP contribution in [-0.2, 0) is 28.8 Å². The number of rotatable bonds is 38. The van der Waals surface area contributed by atoms with Crippen LogP contribution < -0.4 is 10.6 Å². The summed E-state index contributed by atoms with van der Waals surface area (Å²) in [6.45, 7) is 4.99. The highest BCUT2D eigenvalue weighted by Gasteiger charge is 2.35. The lowest BCUT2D eigenvalue weighted by Gasteiger charge is -2.20. The predicted octanol–water partition coefficient (Wildman–Crippen LogP) is 11.4. The minimum atomic E-state index is -0.969. The van der Waals surface area contributed by atoms with Gasteiger partial charge in [0.15, 0.2) is 0 Å². The Morgan fingerprint density at radius 2 is 0.945 bits per heavy atom. The van der Waals surface area contributed by atoms with Crippen molar-refractivity contribution in [3.05, 3.63) is 24.3 Å². The topological polar surface area (TPSA) is 122 Å². The van der Waals surface area contributed by atoms with Crippen molar-refractivity contribution < 1.29 is 28.8 Å². The molecule has 1 atom stereocenters. The average molecular weight is 772 g/mol. The quantitative estimate of drug-likeness (QED) is 0.0366. The van der Waals surface area contributed by atoms with Gasteiger partial charge in [0.25, 0.3) is 11.8 Å². The molecule has 0 saturated carbocycles. The van der Waals surface area contributed by atoms with Crippen molar-refractivity contribution in [2.24, 2.45) is 0 Å². The van der Waals surface area contributed by atoms with E-state index in [1.807, 2.05) is 0 Å². The van der Waals surface area contributed by atoms with Gasteiger partial charge in [-0.25, -0.2) is 4.79 Å². The standard InChI is InChI=1S/C46H81N3O6/c1-3-5-7-9-11-13-15-17-19-21-23-25-27-29-31-36-42(50)47-40-34-33-35-41(46(54)55-49-44(52)38-39-45(49)53)48-43(51)37-32-30-28-26-24-22-20-18-16-14-12-10-8-6-4-2/h17-20,41H,3-16,21-40H2,1-2H3,(H,47,50)(H,48,51)/b19-17+,20-18+. The van der Waals surface area contributed by atoms with Crippen LogP contribution in [0.1, 0.15) is 226 Å². The minimum absolute atomic E-state index is 0.00924. The Hall–Kier alpha value is -2.97. The molecule has 9 heteroatoms. The molecule has 0 aromatic carbocycles. The van der Waals surface area contributed by atoms with E-state index in [-0.39, 0.29) is 31.1 Å². The summed E-state index contributed by atoms with van der Waals surface area (Å²) < 4.78 is 0. The summed E-state index contributed by atoms with van der Waals surface area (Å²) >= 11 is 0. The summed E-state index contributed by atoms with van der Waals surface area (Å²) in [7, 11) is 0. The summed E-state index contributed by atoms with van der Waals surface area (Å²) in [6, 6.07) is -0.969. The zero-order valence-electron chi connectivity index (χ0n) is 35.3. The number of unbranched alkanes of at least 4 members (excludes halogenated alkanes) is 23. The fraction of sp³-hybridized carbons (Fsp3) is 0.804. The molecule has 4 amide bonds. The van der Waals surface area contributed by atoms with Gasteiger partial charge in [0.2, 0.25) is 11.8 Å². The highest BCUT2D eigenvalue weighted by atomic mass is 16.7. The number of amides is 4. The van der Waals surface area contributed by atoms with Gasteiger partial charge in [-0.15, -0.1) is 5.06 Å². The lowest BCUT2D eigenvalue weighted by Crippen LogP contribution is -2.45. The number of carbonyl (C=O) groups is 5. The Kier molecular flexibility index (Phi) is 33.4. The number of hydroxylamine groups is 2. The van der Waals surface area contributed by atoms with Gasteiger partial charge < -0.3 is 15.5 Å². The largest absolute Gasteiger partial charge is 0.356 e. The number of hydrogen-bond donors (Lipinski definition) is 2. The van der Waals surface area contributed by atoms with E-state index in [9.17, 15) is 24.0 Å². The molecule has 0 bridgehead atoms. The van der Waals surface area contributed by atoms with E-state index in [0.29, 0.717) is 37.3 Å². The SMILES string of the molecule is CCCCCCCC/C=C/CCCCCCCC(=O)NCCCCC(NC(=O)CCCCCCC/C=C/CCCCCCCC)C(=O)ON1C(=O)CCC1=O. The van der Waals surface area contributed by atoms with Crippen LogP contribution in [0.5, 0.6) is 0 Å². The minimum Gasteiger partial charge on any atom is -0.356 e. The lowest BCUT2D eigenvalue weighted by molar-refractivity contribution is -0.199. The zero-order valence-corrected chi connectivity index (χ0v) is 35.3. The first-order valence-corrected chi connectivity index (χ1v) is 22.8. The third-order valence-corrected chi connectivity index (χ3v) is 10.4. The molecule has 1 heterocycles. The van der Waals surface area contributed by atoms with Crippen molar-refractivity contribution in [2.75, 3.05) is 6.54 Å². The first kappa shape index (κ1) is 50.0. The summed E-state index contributed by atoms with van der Waals surface area (Å²) in [5, 5.41) is 6.27. The lowest BCUT2D eigenvalue weighted by atomic mass is 10.1. The van der Waals surface area contributed by atoms with E-state index in [0.717, 1.165) is 64.2 Å². The summed E-state index contributed by atoms with van der Waals surface area (Å²) in [5.41, 5.74) is 0. The van der Waals surface area contributed by atoms with E-state index in [1.165, 1.54) is 103 Å². The number of carbonyl (C=O) groups excluding carboxylic acids is 5. The molecule has 1 fully saturated rings. The Morgan fingerprint density at radius 3 is 1.40 bits per heavy atom. The van der Waals surface area contributed by atoms with Gasteiger partial charge in [0.1, 0.15) is 6.04 Å². The van der Waals surface area contributed by atoms with Crippen molar-refractivity contribution in [3.8, 4) is 0 Å². The monoisotopic (exact) mass is 772 g/mol. The van der Waals surface area contributed by atoms with Crippen LogP contribution >= 0.6 is 0 Å². The van der Waals surface area contributed by atoms with Crippen molar-refractivity contribution in [2.45, 2.75) is 232 Å². The number of allylic oxidation sites excluding steroid dienone is 4. The van der Waals surface area contributed by atoms with Crippen LogP contribution in [0, 0.1) is 0 Å². The summed E-state index contributed by atoms with van der Waals surface area (Å²) in [6.07, 6.45) is 42.7. The highest BCUT2D eigenvalue weighted by molar-refractivity contribution is 6.02. The molecule has 0 spiro atoms. The van der Waals surface area contributed by atoms with E-state index in [4.69, 9.17) is 4.84 Å².